The van der Waals surface area contributed by atoms with Crippen LogP contribution in [0.3, 0.4) is 0 Å². The quantitative estimate of drug-likeness (QED) is 0.731. The fourth-order valence-electron chi connectivity index (χ4n) is 2.71. The van der Waals surface area contributed by atoms with Gasteiger partial charge in [0, 0.05) is 18.5 Å². The summed E-state index contributed by atoms with van der Waals surface area (Å²) in [6, 6.07) is 6.52. The number of fused-ring (bicyclic) bond motifs is 1. The fraction of sp³-hybridized carbons (Fsp3) is 0.647. The molecular formula is C17H27NOS. The Morgan fingerprint density at radius 1 is 1.25 bits per heavy atom. The number of nitrogens with one attached hydrogen (secondary N) is 1. The molecule has 0 bridgehead atoms. The second kappa shape index (κ2) is 7.37. The van der Waals surface area contributed by atoms with Gasteiger partial charge < -0.3 is 10.1 Å². The molecule has 0 aromatic heterocycles. The van der Waals surface area contributed by atoms with Gasteiger partial charge in [0.1, 0.15) is 11.4 Å². The van der Waals surface area contributed by atoms with Gasteiger partial charge in [-0.3, -0.25) is 0 Å². The van der Waals surface area contributed by atoms with Gasteiger partial charge in [-0.1, -0.05) is 24.6 Å². The van der Waals surface area contributed by atoms with E-state index >= 15 is 0 Å². The highest BCUT2D eigenvalue weighted by Crippen LogP contribution is 2.37. The first-order valence-corrected chi connectivity index (χ1v) is 9.01. The van der Waals surface area contributed by atoms with Crippen molar-refractivity contribution in [1.82, 2.24) is 5.32 Å². The second-order valence-electron chi connectivity index (χ2n) is 6.17. The highest BCUT2D eigenvalue weighted by atomic mass is 32.2. The summed E-state index contributed by atoms with van der Waals surface area (Å²) >= 11 is 1.94. The number of hydrogen-bond acceptors (Lipinski definition) is 3. The minimum Gasteiger partial charge on any atom is -0.487 e. The van der Waals surface area contributed by atoms with Gasteiger partial charge in [0.15, 0.2) is 0 Å². The molecule has 0 fully saturated rings. The average molecular weight is 293 g/mol. The second-order valence-corrected chi connectivity index (χ2v) is 7.16. The van der Waals surface area contributed by atoms with Crippen LogP contribution in [0.15, 0.2) is 18.2 Å². The third kappa shape index (κ3) is 4.42. The van der Waals surface area contributed by atoms with Crippen molar-refractivity contribution in [3.8, 4) is 5.75 Å². The molecule has 3 heteroatoms. The van der Waals surface area contributed by atoms with Crippen LogP contribution < -0.4 is 10.1 Å². The summed E-state index contributed by atoms with van der Waals surface area (Å²) in [6.07, 6.45) is 7.12. The SMILES string of the molecule is CSCCCCCNCc1cccc2c1OC(C)(C)C2. The van der Waals surface area contributed by atoms with Crippen LogP contribution in [0.5, 0.6) is 5.75 Å². The molecule has 0 atom stereocenters. The predicted molar refractivity (Wildman–Crippen MR) is 88.8 cm³/mol. The monoisotopic (exact) mass is 293 g/mol. The lowest BCUT2D eigenvalue weighted by atomic mass is 10.0. The molecule has 1 aliphatic heterocycles. The van der Waals surface area contributed by atoms with Crippen LogP contribution >= 0.6 is 11.8 Å². The summed E-state index contributed by atoms with van der Waals surface area (Å²) < 4.78 is 6.09. The number of benzene rings is 1. The standard InChI is InChI=1S/C17H27NOS/c1-17(2)12-14-8-7-9-15(16(14)19-17)13-18-10-5-4-6-11-20-3/h7-9,18H,4-6,10-13H2,1-3H3. The lowest BCUT2D eigenvalue weighted by Gasteiger charge is -2.18. The third-order valence-electron chi connectivity index (χ3n) is 3.69. The molecule has 0 radical (unpaired) electrons. The summed E-state index contributed by atoms with van der Waals surface area (Å²) in [5.74, 6) is 2.40. The molecule has 1 N–H and O–H groups in total. The van der Waals surface area contributed by atoms with Crippen LogP contribution in [0.2, 0.25) is 0 Å². The largest absolute Gasteiger partial charge is 0.487 e. The van der Waals surface area contributed by atoms with Gasteiger partial charge in [-0.15, -0.1) is 0 Å². The predicted octanol–water partition coefficient (Wildman–Crippen LogP) is 4.02. The Kier molecular flexibility index (Phi) is 5.79. The van der Waals surface area contributed by atoms with E-state index in [9.17, 15) is 0 Å². The summed E-state index contributed by atoms with van der Waals surface area (Å²) in [4.78, 5) is 0. The fourth-order valence-corrected chi connectivity index (χ4v) is 3.21. The number of unbranched alkanes of at least 4 members (excludes halogenated alkanes) is 2. The Morgan fingerprint density at radius 2 is 2.10 bits per heavy atom. The van der Waals surface area contributed by atoms with Crippen LogP contribution in [0.1, 0.15) is 44.2 Å². The first-order valence-electron chi connectivity index (χ1n) is 7.62. The molecule has 0 unspecified atom stereocenters. The maximum atomic E-state index is 6.09. The van der Waals surface area contributed by atoms with E-state index in [1.54, 1.807) is 0 Å². The molecule has 1 aliphatic rings. The van der Waals surface area contributed by atoms with Crippen LogP contribution in [0.4, 0.5) is 0 Å². The van der Waals surface area contributed by atoms with Gasteiger partial charge in [-0.2, -0.15) is 11.8 Å². The van der Waals surface area contributed by atoms with Crippen LogP contribution in [0, 0.1) is 0 Å². The first kappa shape index (κ1) is 15.7. The zero-order valence-corrected chi connectivity index (χ0v) is 13.8. The number of hydrogen-bond donors (Lipinski definition) is 1. The Hall–Kier alpha value is -0.670. The van der Waals surface area contributed by atoms with Gasteiger partial charge in [-0.25, -0.2) is 0 Å². The molecule has 0 saturated heterocycles. The van der Waals surface area contributed by atoms with Gasteiger partial charge in [-0.05, 0) is 50.8 Å². The van der Waals surface area contributed by atoms with Crippen molar-refractivity contribution in [3.05, 3.63) is 29.3 Å². The molecule has 2 rings (SSSR count). The molecule has 1 aromatic rings. The molecule has 20 heavy (non-hydrogen) atoms. The summed E-state index contributed by atoms with van der Waals surface area (Å²) in [5.41, 5.74) is 2.61. The first-order chi connectivity index (χ1) is 9.62. The van der Waals surface area contributed by atoms with Crippen LogP contribution in [-0.2, 0) is 13.0 Å². The number of ether oxygens (including phenoxy) is 1. The molecule has 0 aliphatic carbocycles. The van der Waals surface area contributed by atoms with Crippen molar-refractivity contribution in [2.24, 2.45) is 0 Å². The van der Waals surface area contributed by atoms with E-state index in [0.29, 0.717) is 0 Å². The van der Waals surface area contributed by atoms with Crippen molar-refractivity contribution < 1.29 is 4.74 Å². The number of rotatable bonds is 8. The zero-order chi connectivity index (χ0) is 14.4. The smallest absolute Gasteiger partial charge is 0.127 e. The number of thioether (sulfide) groups is 1. The zero-order valence-electron chi connectivity index (χ0n) is 13.0. The summed E-state index contributed by atoms with van der Waals surface area (Å²) in [5, 5.41) is 3.55. The summed E-state index contributed by atoms with van der Waals surface area (Å²) in [6.45, 7) is 6.34. The van der Waals surface area contributed by atoms with Crippen LogP contribution in [0.25, 0.3) is 0 Å². The highest BCUT2D eigenvalue weighted by molar-refractivity contribution is 7.98. The van der Waals surface area contributed by atoms with Crippen molar-refractivity contribution in [2.45, 2.75) is 51.7 Å². The van der Waals surface area contributed by atoms with E-state index in [1.165, 1.54) is 36.1 Å². The maximum absolute atomic E-state index is 6.09. The van der Waals surface area contributed by atoms with Gasteiger partial charge >= 0.3 is 0 Å². The van der Waals surface area contributed by atoms with Crippen molar-refractivity contribution in [3.63, 3.8) is 0 Å². The van der Waals surface area contributed by atoms with E-state index in [0.717, 1.165) is 25.3 Å². The maximum Gasteiger partial charge on any atom is 0.127 e. The van der Waals surface area contributed by atoms with Gasteiger partial charge in [0.2, 0.25) is 0 Å². The topological polar surface area (TPSA) is 21.3 Å². The van der Waals surface area contributed by atoms with E-state index < -0.39 is 0 Å². The molecule has 112 valence electrons. The lowest BCUT2D eigenvalue weighted by Crippen LogP contribution is -2.25. The molecule has 1 heterocycles. The van der Waals surface area contributed by atoms with Crippen LogP contribution in [-0.4, -0.2) is 24.2 Å². The number of para-hydroxylation sites is 1. The Morgan fingerprint density at radius 3 is 2.90 bits per heavy atom. The minimum atomic E-state index is -0.0454. The molecule has 0 spiro atoms. The van der Waals surface area contributed by atoms with E-state index in [2.05, 4.69) is 43.6 Å². The normalized spacial score (nSPS) is 15.9. The Balaban J connectivity index is 1.76. The van der Waals surface area contributed by atoms with Gasteiger partial charge in [0.25, 0.3) is 0 Å². The van der Waals surface area contributed by atoms with E-state index in [-0.39, 0.29) is 5.60 Å². The van der Waals surface area contributed by atoms with Crippen molar-refractivity contribution >= 4 is 11.8 Å². The van der Waals surface area contributed by atoms with Gasteiger partial charge in [0.05, 0.1) is 0 Å². The molecule has 0 amide bonds. The molecule has 0 saturated carbocycles. The van der Waals surface area contributed by atoms with E-state index in [1.807, 2.05) is 11.8 Å². The Labute approximate surface area is 127 Å². The molecular weight excluding hydrogens is 266 g/mol. The van der Waals surface area contributed by atoms with E-state index in [4.69, 9.17) is 4.74 Å². The van der Waals surface area contributed by atoms with Crippen molar-refractivity contribution in [1.29, 1.82) is 0 Å². The third-order valence-corrected chi connectivity index (χ3v) is 4.39. The molecule has 1 aromatic carbocycles. The average Bonchev–Trinajstić information content (AvgIpc) is 2.72. The van der Waals surface area contributed by atoms with Crippen molar-refractivity contribution in [2.75, 3.05) is 18.6 Å². The minimum absolute atomic E-state index is 0.0454. The Bertz CT molecular complexity index is 431. The molecule has 2 nitrogen and oxygen atoms in total. The lowest BCUT2D eigenvalue weighted by molar-refractivity contribution is 0.137. The highest BCUT2D eigenvalue weighted by Gasteiger charge is 2.31. The summed E-state index contributed by atoms with van der Waals surface area (Å²) in [7, 11) is 0.